The van der Waals surface area contributed by atoms with Crippen LogP contribution in [-0.2, 0) is 0 Å². The van der Waals surface area contributed by atoms with Gasteiger partial charge in [0.15, 0.2) is 0 Å². The molecule has 1 nitrogen and oxygen atoms in total. The van der Waals surface area contributed by atoms with Gasteiger partial charge in [-0.05, 0) is 17.5 Å². The van der Waals surface area contributed by atoms with Crippen LogP contribution in [0.2, 0.25) is 0 Å². The number of para-hydroxylation sites is 1. The quantitative estimate of drug-likeness (QED) is 0.533. The standard InChI is InChI=1S/C9H12O.Li.H/c1-7(2)8-5-3-4-6-9(8)10;;/h3-7,10H,1-2H3;;/q;+1;-1. The van der Waals surface area contributed by atoms with Gasteiger partial charge in [0.2, 0.25) is 0 Å². The molecule has 0 spiro atoms. The third kappa shape index (κ3) is 2.61. The zero-order valence-corrected chi connectivity index (χ0v) is 7.33. The molecule has 0 unspecified atom stereocenters. The third-order valence-corrected chi connectivity index (χ3v) is 1.56. The fourth-order valence-electron chi connectivity index (χ4n) is 0.976. The van der Waals surface area contributed by atoms with E-state index in [1.165, 1.54) is 0 Å². The summed E-state index contributed by atoms with van der Waals surface area (Å²) in [6.07, 6.45) is 0. The van der Waals surface area contributed by atoms with E-state index in [2.05, 4.69) is 13.8 Å². The Morgan fingerprint density at radius 1 is 1.27 bits per heavy atom. The minimum atomic E-state index is 0. The Morgan fingerprint density at radius 2 is 1.82 bits per heavy atom. The molecule has 0 aliphatic heterocycles. The van der Waals surface area contributed by atoms with Crippen molar-refractivity contribution < 1.29 is 25.4 Å². The molecule has 0 heterocycles. The average molecular weight is 144 g/mol. The van der Waals surface area contributed by atoms with Crippen LogP contribution in [0.1, 0.15) is 26.8 Å². The van der Waals surface area contributed by atoms with Crippen molar-refractivity contribution in [2.24, 2.45) is 0 Å². The molecule has 0 amide bonds. The topological polar surface area (TPSA) is 20.2 Å². The van der Waals surface area contributed by atoms with Crippen LogP contribution in [0.4, 0.5) is 0 Å². The monoisotopic (exact) mass is 144 g/mol. The molecule has 1 aromatic rings. The Balaban J connectivity index is 0. The smallest absolute Gasteiger partial charge is 1.00 e. The zero-order valence-electron chi connectivity index (χ0n) is 8.33. The first kappa shape index (κ1) is 10.6. The summed E-state index contributed by atoms with van der Waals surface area (Å²) in [6.45, 7) is 4.13. The minimum absolute atomic E-state index is 0. The zero-order chi connectivity index (χ0) is 7.56. The fourth-order valence-corrected chi connectivity index (χ4v) is 0.976. The molecule has 0 bridgehead atoms. The van der Waals surface area contributed by atoms with E-state index in [0.717, 1.165) is 5.56 Å². The van der Waals surface area contributed by atoms with Crippen LogP contribution in [-0.4, -0.2) is 5.11 Å². The molecular formula is C9H13LiO. The number of hydrogen-bond donors (Lipinski definition) is 1. The molecule has 1 aromatic carbocycles. The molecule has 0 atom stereocenters. The average Bonchev–Trinajstić information content (AvgIpc) is 1.88. The fraction of sp³-hybridized carbons (Fsp3) is 0.333. The van der Waals surface area contributed by atoms with E-state index >= 15 is 0 Å². The Morgan fingerprint density at radius 3 is 2.18 bits per heavy atom. The van der Waals surface area contributed by atoms with E-state index in [9.17, 15) is 5.11 Å². The second-order valence-corrected chi connectivity index (χ2v) is 2.71. The van der Waals surface area contributed by atoms with Crippen LogP contribution in [0.3, 0.4) is 0 Å². The molecule has 0 aliphatic rings. The van der Waals surface area contributed by atoms with Crippen molar-refractivity contribution in [2.45, 2.75) is 19.8 Å². The van der Waals surface area contributed by atoms with Gasteiger partial charge in [-0.2, -0.15) is 0 Å². The Bertz CT molecular complexity index is 226. The number of rotatable bonds is 1. The summed E-state index contributed by atoms with van der Waals surface area (Å²) in [6, 6.07) is 7.44. The Labute approximate surface area is 81.1 Å². The van der Waals surface area contributed by atoms with E-state index < -0.39 is 0 Å². The van der Waals surface area contributed by atoms with Gasteiger partial charge in [-0.1, -0.05) is 32.0 Å². The van der Waals surface area contributed by atoms with E-state index in [-0.39, 0.29) is 20.3 Å². The van der Waals surface area contributed by atoms with Gasteiger partial charge in [-0.3, -0.25) is 0 Å². The maximum atomic E-state index is 9.28. The summed E-state index contributed by atoms with van der Waals surface area (Å²) in [5.41, 5.74) is 1.02. The molecule has 1 rings (SSSR count). The first-order chi connectivity index (χ1) is 4.72. The number of benzene rings is 1. The van der Waals surface area contributed by atoms with Crippen molar-refractivity contribution in [3.8, 4) is 5.75 Å². The van der Waals surface area contributed by atoms with Gasteiger partial charge in [0.05, 0.1) is 0 Å². The first-order valence-electron chi connectivity index (χ1n) is 3.49. The normalized spacial score (nSPS) is 9.36. The molecule has 11 heavy (non-hydrogen) atoms. The molecule has 0 aliphatic carbocycles. The number of phenolic OH excluding ortho intramolecular Hbond substituents is 1. The van der Waals surface area contributed by atoms with E-state index in [1.807, 2.05) is 18.2 Å². The van der Waals surface area contributed by atoms with E-state index in [4.69, 9.17) is 0 Å². The van der Waals surface area contributed by atoms with E-state index in [0.29, 0.717) is 11.7 Å². The van der Waals surface area contributed by atoms with Gasteiger partial charge in [-0.25, -0.2) is 0 Å². The Hall–Kier alpha value is -0.383. The van der Waals surface area contributed by atoms with Crippen LogP contribution in [0.15, 0.2) is 24.3 Å². The first-order valence-corrected chi connectivity index (χ1v) is 3.49. The van der Waals surface area contributed by atoms with Crippen molar-refractivity contribution >= 4 is 0 Å². The molecule has 2 heteroatoms. The second-order valence-electron chi connectivity index (χ2n) is 2.71. The molecule has 0 fully saturated rings. The summed E-state index contributed by atoms with van der Waals surface area (Å²) in [5, 5.41) is 9.28. The Kier molecular flexibility index (Phi) is 4.33. The molecular weight excluding hydrogens is 131 g/mol. The van der Waals surface area contributed by atoms with Gasteiger partial charge in [-0.15, -0.1) is 0 Å². The van der Waals surface area contributed by atoms with Crippen molar-refractivity contribution in [1.82, 2.24) is 0 Å². The summed E-state index contributed by atoms with van der Waals surface area (Å²) in [4.78, 5) is 0. The summed E-state index contributed by atoms with van der Waals surface area (Å²) in [5.74, 6) is 0.804. The summed E-state index contributed by atoms with van der Waals surface area (Å²) < 4.78 is 0. The summed E-state index contributed by atoms with van der Waals surface area (Å²) in [7, 11) is 0. The minimum Gasteiger partial charge on any atom is -1.00 e. The maximum Gasteiger partial charge on any atom is 1.00 e. The molecule has 0 saturated heterocycles. The molecule has 1 N–H and O–H groups in total. The molecule has 0 aromatic heterocycles. The second kappa shape index (κ2) is 4.49. The van der Waals surface area contributed by atoms with Crippen LogP contribution < -0.4 is 18.9 Å². The van der Waals surface area contributed by atoms with Gasteiger partial charge >= 0.3 is 18.9 Å². The predicted molar refractivity (Wildman–Crippen MR) is 43.3 cm³/mol. The molecule has 56 valence electrons. The van der Waals surface area contributed by atoms with Crippen LogP contribution in [0.5, 0.6) is 5.75 Å². The molecule has 0 radical (unpaired) electrons. The van der Waals surface area contributed by atoms with Gasteiger partial charge in [0, 0.05) is 0 Å². The number of aromatic hydroxyl groups is 1. The van der Waals surface area contributed by atoms with Crippen LogP contribution in [0.25, 0.3) is 0 Å². The van der Waals surface area contributed by atoms with Crippen molar-refractivity contribution in [3.63, 3.8) is 0 Å². The maximum absolute atomic E-state index is 9.28. The van der Waals surface area contributed by atoms with E-state index in [1.54, 1.807) is 6.07 Å². The number of phenols is 1. The van der Waals surface area contributed by atoms with Crippen LogP contribution in [0, 0.1) is 0 Å². The van der Waals surface area contributed by atoms with Gasteiger partial charge in [0.25, 0.3) is 0 Å². The van der Waals surface area contributed by atoms with Crippen molar-refractivity contribution in [2.75, 3.05) is 0 Å². The molecule has 0 saturated carbocycles. The predicted octanol–water partition coefficient (Wildman–Crippen LogP) is -0.368. The third-order valence-electron chi connectivity index (χ3n) is 1.56. The SMILES string of the molecule is CC(C)c1ccccc1O.[H-].[Li+]. The summed E-state index contributed by atoms with van der Waals surface area (Å²) >= 11 is 0. The van der Waals surface area contributed by atoms with Crippen molar-refractivity contribution in [3.05, 3.63) is 29.8 Å². The largest absolute Gasteiger partial charge is 1.00 e. The van der Waals surface area contributed by atoms with Gasteiger partial charge in [0.1, 0.15) is 5.75 Å². The van der Waals surface area contributed by atoms with Crippen molar-refractivity contribution in [1.29, 1.82) is 0 Å². The van der Waals surface area contributed by atoms with Crippen LogP contribution >= 0.6 is 0 Å². The van der Waals surface area contributed by atoms with Gasteiger partial charge < -0.3 is 6.53 Å². The number of hydrogen-bond acceptors (Lipinski definition) is 1.